The van der Waals surface area contributed by atoms with E-state index in [9.17, 15) is 18.0 Å². The number of nitrogen functional groups attached to an aromatic ring is 1. The Hall–Kier alpha value is -4.38. The number of halogens is 3. The van der Waals surface area contributed by atoms with Crippen LogP contribution >= 0.6 is 0 Å². The number of nitrogens with one attached hydrogen (secondary N) is 5. The predicted molar refractivity (Wildman–Crippen MR) is 139 cm³/mol. The molecule has 1 amide bonds. The van der Waals surface area contributed by atoms with Gasteiger partial charge in [0, 0.05) is 42.8 Å². The number of carbonyl (C=O) groups excluding carboxylic acids is 1. The van der Waals surface area contributed by atoms with Crippen LogP contribution in [0.5, 0.6) is 0 Å². The molecule has 0 aliphatic carbocycles. The first kappa shape index (κ1) is 25.7. The lowest BCUT2D eigenvalue weighted by atomic mass is 9.96. The monoisotopic (exact) mass is 509 g/mol. The summed E-state index contributed by atoms with van der Waals surface area (Å²) < 4.78 is 41.3. The van der Waals surface area contributed by atoms with Gasteiger partial charge in [-0.3, -0.25) is 10.2 Å². The average Bonchev–Trinajstić information content (AvgIpc) is 2.89. The van der Waals surface area contributed by atoms with E-state index < -0.39 is 17.6 Å². The number of para-hydroxylation sites is 1. The lowest BCUT2D eigenvalue weighted by molar-refractivity contribution is -0.137. The quantitative estimate of drug-likeness (QED) is 0.200. The number of amides is 1. The molecule has 1 aromatic heterocycles. The molecule has 0 saturated carbocycles. The first-order valence-corrected chi connectivity index (χ1v) is 11.5. The molecular weight excluding hydrogens is 483 g/mol. The highest BCUT2D eigenvalue weighted by Gasteiger charge is 2.34. The van der Waals surface area contributed by atoms with Crippen LogP contribution in [-0.4, -0.2) is 36.7 Å². The molecule has 37 heavy (non-hydrogen) atoms. The van der Waals surface area contributed by atoms with Crippen molar-refractivity contribution in [3.8, 4) is 0 Å². The molecule has 0 radical (unpaired) electrons. The Balaban J connectivity index is 1.67. The molecule has 0 fully saturated rings. The van der Waals surface area contributed by atoms with Crippen LogP contribution in [0.2, 0.25) is 0 Å². The largest absolute Gasteiger partial charge is 0.419 e. The van der Waals surface area contributed by atoms with E-state index in [4.69, 9.17) is 11.1 Å². The van der Waals surface area contributed by atoms with Gasteiger partial charge < -0.3 is 27.0 Å². The highest BCUT2D eigenvalue weighted by Crippen LogP contribution is 2.37. The fraction of sp³-hybridized carbons (Fsp3) is 0.192. The van der Waals surface area contributed by atoms with Crippen LogP contribution < -0.4 is 27.0 Å². The molecule has 0 spiro atoms. The third kappa shape index (κ3) is 5.89. The molecule has 3 aromatic rings. The van der Waals surface area contributed by atoms with E-state index in [2.05, 4.69) is 26.3 Å². The second-order valence-corrected chi connectivity index (χ2v) is 8.35. The summed E-state index contributed by atoms with van der Waals surface area (Å²) in [5, 5.41) is 20.0. The Kier molecular flexibility index (Phi) is 7.44. The smallest absolute Gasteiger partial charge is 0.398 e. The van der Waals surface area contributed by atoms with Crippen molar-refractivity contribution < 1.29 is 18.0 Å². The minimum absolute atomic E-state index is 0.135. The van der Waals surface area contributed by atoms with E-state index in [-0.39, 0.29) is 22.8 Å². The number of aromatic nitrogens is 1. The number of rotatable bonds is 7. The fourth-order valence-electron chi connectivity index (χ4n) is 3.94. The van der Waals surface area contributed by atoms with Gasteiger partial charge >= 0.3 is 6.18 Å². The lowest BCUT2D eigenvalue weighted by Gasteiger charge is -2.19. The number of benzene rings is 2. The minimum atomic E-state index is -4.68. The minimum Gasteiger partial charge on any atom is -0.398 e. The molecule has 0 atom stereocenters. The normalized spacial score (nSPS) is 13.5. The van der Waals surface area contributed by atoms with Crippen molar-refractivity contribution in [2.75, 3.05) is 36.5 Å². The number of nitrogens with two attached hydrogens (primary N) is 1. The topological polar surface area (TPSA) is 128 Å². The summed E-state index contributed by atoms with van der Waals surface area (Å²) in [5.41, 5.74) is 7.89. The van der Waals surface area contributed by atoms with Crippen LogP contribution in [0.3, 0.4) is 0 Å². The Morgan fingerprint density at radius 1 is 1.08 bits per heavy atom. The maximum Gasteiger partial charge on any atom is 0.419 e. The zero-order valence-electron chi connectivity index (χ0n) is 20.0. The third-order valence-corrected chi connectivity index (χ3v) is 5.86. The van der Waals surface area contributed by atoms with Crippen molar-refractivity contribution in [3.05, 3.63) is 83.1 Å². The van der Waals surface area contributed by atoms with Gasteiger partial charge in [-0.2, -0.15) is 13.2 Å². The van der Waals surface area contributed by atoms with Crippen molar-refractivity contribution >= 4 is 40.2 Å². The van der Waals surface area contributed by atoms with Crippen molar-refractivity contribution in [3.63, 3.8) is 0 Å². The second-order valence-electron chi connectivity index (χ2n) is 8.35. The SMILES string of the molecule is CNC(=O)c1ccccc1Nc1cc(Nc2ccc(N)c(C(=N)C3=CCNCC3)c2)ncc1C(F)(F)F. The molecular formula is C26H26F3N7O. The van der Waals surface area contributed by atoms with Gasteiger partial charge in [0.25, 0.3) is 5.91 Å². The lowest BCUT2D eigenvalue weighted by Crippen LogP contribution is -2.23. The fourth-order valence-corrected chi connectivity index (χ4v) is 3.94. The Bertz CT molecular complexity index is 1370. The number of pyridine rings is 1. The highest BCUT2D eigenvalue weighted by molar-refractivity contribution is 6.14. The van der Waals surface area contributed by atoms with Gasteiger partial charge in [0.05, 0.1) is 28.2 Å². The van der Waals surface area contributed by atoms with Crippen LogP contribution in [0, 0.1) is 5.41 Å². The molecule has 8 nitrogen and oxygen atoms in total. The van der Waals surface area contributed by atoms with Crippen LogP contribution in [0.25, 0.3) is 0 Å². The first-order valence-electron chi connectivity index (χ1n) is 11.5. The van der Waals surface area contributed by atoms with Crippen molar-refractivity contribution in [1.29, 1.82) is 5.41 Å². The number of alkyl halides is 3. The zero-order valence-corrected chi connectivity index (χ0v) is 20.0. The standard InChI is InChI=1S/C26H26F3N7O/c1-32-25(37)17-4-2-3-5-21(17)36-22-13-23(34-14-19(22)26(27,28)29)35-16-6-7-20(30)18(12-16)24(31)15-8-10-33-11-9-15/h2-8,12-14,31,33H,9-11,30H2,1H3,(H,32,37)(H2,34,35,36). The van der Waals surface area contributed by atoms with Gasteiger partial charge in [-0.05, 0) is 48.9 Å². The van der Waals surface area contributed by atoms with E-state index in [1.54, 1.807) is 30.3 Å². The summed E-state index contributed by atoms with van der Waals surface area (Å²) in [6.45, 7) is 1.43. The Morgan fingerprint density at radius 3 is 2.57 bits per heavy atom. The molecule has 11 heteroatoms. The number of anilines is 5. The summed E-state index contributed by atoms with van der Waals surface area (Å²) >= 11 is 0. The second kappa shape index (κ2) is 10.7. The zero-order chi connectivity index (χ0) is 26.6. The average molecular weight is 510 g/mol. The van der Waals surface area contributed by atoms with Crippen LogP contribution in [0.15, 0.2) is 66.4 Å². The number of hydrogen-bond acceptors (Lipinski definition) is 7. The molecule has 192 valence electrons. The van der Waals surface area contributed by atoms with Gasteiger partial charge in [-0.15, -0.1) is 0 Å². The number of nitrogens with zero attached hydrogens (tertiary/aromatic N) is 1. The summed E-state index contributed by atoms with van der Waals surface area (Å²) in [6.07, 6.45) is -1.31. The van der Waals surface area contributed by atoms with E-state index in [0.717, 1.165) is 18.3 Å². The number of hydrogen-bond donors (Lipinski definition) is 6. The predicted octanol–water partition coefficient (Wildman–Crippen LogP) is 4.82. The van der Waals surface area contributed by atoms with Crippen LogP contribution in [-0.2, 0) is 6.18 Å². The van der Waals surface area contributed by atoms with Crippen molar-refractivity contribution in [2.45, 2.75) is 12.6 Å². The van der Waals surface area contributed by atoms with E-state index in [1.807, 2.05) is 6.08 Å². The Labute approximate surface area is 211 Å². The van der Waals surface area contributed by atoms with Gasteiger partial charge in [-0.1, -0.05) is 18.2 Å². The molecule has 4 rings (SSSR count). The summed E-state index contributed by atoms with van der Waals surface area (Å²) in [6, 6.07) is 12.5. The van der Waals surface area contributed by atoms with E-state index in [1.165, 1.54) is 25.2 Å². The van der Waals surface area contributed by atoms with Gasteiger partial charge in [0.2, 0.25) is 0 Å². The molecule has 1 aliphatic rings. The van der Waals surface area contributed by atoms with Crippen LogP contribution in [0.4, 0.5) is 41.7 Å². The first-order chi connectivity index (χ1) is 17.7. The maximum absolute atomic E-state index is 13.8. The van der Waals surface area contributed by atoms with Crippen molar-refractivity contribution in [1.82, 2.24) is 15.6 Å². The van der Waals surface area contributed by atoms with E-state index >= 15 is 0 Å². The van der Waals surface area contributed by atoms with Crippen LogP contribution in [0.1, 0.15) is 27.9 Å². The summed E-state index contributed by atoms with van der Waals surface area (Å²) in [7, 11) is 1.44. The highest BCUT2D eigenvalue weighted by atomic mass is 19.4. The molecule has 0 bridgehead atoms. The molecule has 7 N–H and O–H groups in total. The van der Waals surface area contributed by atoms with Gasteiger partial charge in [-0.25, -0.2) is 4.98 Å². The summed E-state index contributed by atoms with van der Waals surface area (Å²) in [5.74, 6) is -0.305. The maximum atomic E-state index is 13.8. The molecule has 0 saturated heterocycles. The molecule has 1 aliphatic heterocycles. The van der Waals surface area contributed by atoms with Gasteiger partial charge in [0.1, 0.15) is 5.82 Å². The molecule has 2 heterocycles. The van der Waals surface area contributed by atoms with E-state index in [0.29, 0.717) is 35.6 Å². The molecule has 0 unspecified atom stereocenters. The van der Waals surface area contributed by atoms with Gasteiger partial charge in [0.15, 0.2) is 0 Å². The third-order valence-electron chi connectivity index (χ3n) is 5.86. The molecule has 2 aromatic carbocycles. The van der Waals surface area contributed by atoms with Crippen molar-refractivity contribution in [2.24, 2.45) is 0 Å². The number of carbonyl (C=O) groups is 1. The summed E-state index contributed by atoms with van der Waals surface area (Å²) in [4.78, 5) is 16.2. The Morgan fingerprint density at radius 2 is 1.86 bits per heavy atom.